The number of halogens is 5. The van der Waals surface area contributed by atoms with E-state index in [1.165, 1.54) is 18.2 Å². The molecule has 1 aliphatic heterocycles. The molecule has 3 rings (SSSR count). The van der Waals surface area contributed by atoms with Crippen molar-refractivity contribution in [3.8, 4) is 6.07 Å². The van der Waals surface area contributed by atoms with Crippen LogP contribution in [0.5, 0.6) is 0 Å². The Balaban J connectivity index is 0.00000363. The number of hydrogen-bond acceptors (Lipinski definition) is 6. The van der Waals surface area contributed by atoms with Crippen LogP contribution in [0.25, 0.3) is 0 Å². The van der Waals surface area contributed by atoms with Crippen molar-refractivity contribution in [2.24, 2.45) is 10.7 Å². The van der Waals surface area contributed by atoms with Gasteiger partial charge in [0, 0.05) is 11.8 Å². The van der Waals surface area contributed by atoms with Crippen molar-refractivity contribution in [2.45, 2.75) is 37.8 Å². The lowest BCUT2D eigenvalue weighted by Gasteiger charge is -2.46. The van der Waals surface area contributed by atoms with Gasteiger partial charge >= 0.3 is 5.92 Å². The number of hydrogen-bond donors (Lipinski definition) is 2. The number of alkyl halides is 2. The van der Waals surface area contributed by atoms with E-state index in [1.54, 1.807) is 0 Å². The molecule has 0 unspecified atom stereocenters. The number of carbonyl (C=O) groups excluding carboxylic acids is 1. The summed E-state index contributed by atoms with van der Waals surface area (Å²) >= 11 is 5.96. The maximum absolute atomic E-state index is 15.3. The Morgan fingerprint density at radius 2 is 1.97 bits per heavy atom. The molecule has 0 aliphatic carbocycles. The Morgan fingerprint density at radius 3 is 2.56 bits per heavy atom. The molecule has 0 saturated heterocycles. The molecule has 0 radical (unpaired) electrons. The molecule has 1 aromatic heterocycles. The third-order valence-corrected chi connectivity index (χ3v) is 5.31. The van der Waals surface area contributed by atoms with E-state index in [9.17, 15) is 4.79 Å². The number of benzene rings is 1. The van der Waals surface area contributed by atoms with Gasteiger partial charge in [0.1, 0.15) is 11.8 Å². The smallest absolute Gasteiger partial charge is 0.315 e. The van der Waals surface area contributed by atoms with Gasteiger partial charge in [0.05, 0.1) is 16.3 Å². The number of pyridine rings is 1. The van der Waals surface area contributed by atoms with E-state index >= 15 is 13.2 Å². The second kappa shape index (κ2) is 8.48. The van der Waals surface area contributed by atoms with Gasteiger partial charge in [0.25, 0.3) is 11.9 Å². The highest BCUT2D eigenvalue weighted by Gasteiger charge is 2.66. The minimum absolute atomic E-state index is 0. The van der Waals surface area contributed by atoms with Crippen LogP contribution in [0.3, 0.4) is 0 Å². The number of rotatable bonds is 3. The van der Waals surface area contributed by atoms with Gasteiger partial charge in [-0.25, -0.2) is 14.4 Å². The molecule has 2 aromatic rings. The quantitative estimate of drug-likeness (QED) is 0.665. The molecular formula is C20H18Cl2F3N5O2. The van der Waals surface area contributed by atoms with Crippen molar-refractivity contribution >= 4 is 41.6 Å². The number of nitrogens with one attached hydrogen (secondary N) is 1. The molecule has 12 heteroatoms. The third-order valence-electron chi connectivity index (χ3n) is 5.02. The molecule has 0 saturated carbocycles. The van der Waals surface area contributed by atoms with Gasteiger partial charge in [-0.05, 0) is 32.9 Å². The Morgan fingerprint density at radius 1 is 1.31 bits per heavy atom. The first kappa shape index (κ1) is 25.2. The molecule has 1 amide bonds. The predicted molar refractivity (Wildman–Crippen MR) is 115 cm³/mol. The summed E-state index contributed by atoms with van der Waals surface area (Å²) in [6.45, 7) is 3.27. The molecule has 170 valence electrons. The molecule has 2 heterocycles. The van der Waals surface area contributed by atoms with Crippen LogP contribution < -0.4 is 11.1 Å². The largest absolute Gasteiger partial charge is 0.453 e. The van der Waals surface area contributed by atoms with Crippen LogP contribution in [-0.4, -0.2) is 28.4 Å². The summed E-state index contributed by atoms with van der Waals surface area (Å²) in [6.07, 6.45) is 1.12. The van der Waals surface area contributed by atoms with Crippen LogP contribution in [-0.2, 0) is 10.3 Å². The van der Waals surface area contributed by atoms with E-state index < -0.39 is 40.4 Å². The number of aliphatic imine (C=N–C) groups is 1. The van der Waals surface area contributed by atoms with Crippen LogP contribution in [0, 0.1) is 17.1 Å². The van der Waals surface area contributed by atoms with E-state index in [4.69, 9.17) is 27.3 Å². The van der Waals surface area contributed by atoms with Gasteiger partial charge in [-0.15, -0.1) is 12.4 Å². The SMILES string of the molecule is CC1(C)OC(N)=N[C@](C)(c2cccc(NC(=O)c3ncc(C#N)cc3Cl)c2F)C1(F)F.Cl. The fraction of sp³-hybridized carbons (Fsp3) is 0.300. The summed E-state index contributed by atoms with van der Waals surface area (Å²) in [5.74, 6) is -5.68. The number of ether oxygens (including phenoxy) is 1. The van der Waals surface area contributed by atoms with Gasteiger partial charge in [-0.2, -0.15) is 14.0 Å². The van der Waals surface area contributed by atoms with Gasteiger partial charge in [0.2, 0.25) is 0 Å². The summed E-state index contributed by atoms with van der Waals surface area (Å²) in [6, 6.07) is 6.13. The lowest BCUT2D eigenvalue weighted by atomic mass is 9.77. The zero-order valence-corrected chi connectivity index (χ0v) is 18.6. The molecule has 3 N–H and O–H groups in total. The van der Waals surface area contributed by atoms with Crippen molar-refractivity contribution in [1.82, 2.24) is 4.98 Å². The fourth-order valence-electron chi connectivity index (χ4n) is 3.31. The number of amidine groups is 1. The molecule has 0 spiro atoms. The van der Waals surface area contributed by atoms with Crippen LogP contribution in [0.2, 0.25) is 5.02 Å². The Kier molecular flexibility index (Phi) is 6.69. The molecule has 1 aliphatic rings. The van der Waals surface area contributed by atoms with Crippen LogP contribution >= 0.6 is 24.0 Å². The highest BCUT2D eigenvalue weighted by atomic mass is 35.5. The third kappa shape index (κ3) is 3.94. The lowest BCUT2D eigenvalue weighted by Crippen LogP contribution is -2.62. The number of amides is 1. The summed E-state index contributed by atoms with van der Waals surface area (Å²) < 4.78 is 50.8. The van der Waals surface area contributed by atoms with Crippen LogP contribution in [0.4, 0.5) is 18.9 Å². The normalized spacial score (nSPS) is 20.8. The standard InChI is InChI=1S/C20H17ClF3N5O2.ClH/c1-18(2)20(23,24)19(3,29-17(26)31-18)11-5-4-6-13(14(11)22)28-16(30)15-12(21)7-10(8-25)9-27-15;/h4-7,9H,1-3H3,(H2,26,29)(H,28,30);1H/t19-;/m1./s1. The zero-order valence-electron chi connectivity index (χ0n) is 17.0. The van der Waals surface area contributed by atoms with Gasteiger partial charge in [-0.1, -0.05) is 23.7 Å². The monoisotopic (exact) mass is 487 g/mol. The molecule has 1 aromatic carbocycles. The van der Waals surface area contributed by atoms with Gasteiger partial charge in [0.15, 0.2) is 17.0 Å². The van der Waals surface area contributed by atoms with Crippen LogP contribution in [0.1, 0.15) is 42.4 Å². The minimum atomic E-state index is -3.66. The first-order valence-electron chi connectivity index (χ1n) is 8.92. The van der Waals surface area contributed by atoms with E-state index in [0.717, 1.165) is 33.0 Å². The average molecular weight is 488 g/mol. The molecule has 0 fully saturated rings. The molecule has 7 nitrogen and oxygen atoms in total. The van der Waals surface area contributed by atoms with E-state index in [0.29, 0.717) is 0 Å². The number of aromatic nitrogens is 1. The molecular weight excluding hydrogens is 470 g/mol. The highest BCUT2D eigenvalue weighted by Crippen LogP contribution is 2.52. The number of nitrogens with zero attached hydrogens (tertiary/aromatic N) is 3. The summed E-state index contributed by atoms with van der Waals surface area (Å²) in [7, 11) is 0. The average Bonchev–Trinajstić information content (AvgIpc) is 2.67. The highest BCUT2D eigenvalue weighted by molar-refractivity contribution is 6.34. The Bertz CT molecular complexity index is 1150. The van der Waals surface area contributed by atoms with E-state index in [-0.39, 0.29) is 34.4 Å². The predicted octanol–water partition coefficient (Wildman–Crippen LogP) is 4.39. The van der Waals surface area contributed by atoms with Crippen molar-refractivity contribution in [3.63, 3.8) is 0 Å². The Labute approximate surface area is 192 Å². The summed E-state index contributed by atoms with van der Waals surface area (Å²) in [4.78, 5) is 20.0. The van der Waals surface area contributed by atoms with Crippen molar-refractivity contribution < 1.29 is 22.7 Å². The molecule has 1 atom stereocenters. The van der Waals surface area contributed by atoms with Crippen molar-refractivity contribution in [2.75, 3.05) is 5.32 Å². The maximum atomic E-state index is 15.3. The number of nitriles is 1. The maximum Gasteiger partial charge on any atom is 0.315 e. The van der Waals surface area contributed by atoms with E-state index in [1.807, 2.05) is 6.07 Å². The summed E-state index contributed by atoms with van der Waals surface area (Å²) in [5.41, 5.74) is 0.0860. The zero-order chi connectivity index (χ0) is 23.2. The molecule has 0 bridgehead atoms. The number of nitrogens with two attached hydrogens (primary N) is 1. The minimum Gasteiger partial charge on any atom is -0.453 e. The molecule has 32 heavy (non-hydrogen) atoms. The fourth-order valence-corrected chi connectivity index (χ4v) is 3.56. The number of carbonyl (C=O) groups is 1. The van der Waals surface area contributed by atoms with Gasteiger partial charge in [-0.3, -0.25) is 4.79 Å². The number of anilines is 1. The van der Waals surface area contributed by atoms with Crippen molar-refractivity contribution in [1.29, 1.82) is 5.26 Å². The van der Waals surface area contributed by atoms with Gasteiger partial charge < -0.3 is 15.8 Å². The topological polar surface area (TPSA) is 113 Å². The first-order valence-corrected chi connectivity index (χ1v) is 9.30. The summed E-state index contributed by atoms with van der Waals surface area (Å²) in [5, 5.41) is 11.0. The van der Waals surface area contributed by atoms with Crippen LogP contribution in [0.15, 0.2) is 35.5 Å². The first-order chi connectivity index (χ1) is 14.3. The second-order valence-electron chi connectivity index (χ2n) is 7.50. The second-order valence-corrected chi connectivity index (χ2v) is 7.90. The Hall–Kier alpha value is -3.03. The van der Waals surface area contributed by atoms with Crippen molar-refractivity contribution in [3.05, 3.63) is 58.1 Å². The lowest BCUT2D eigenvalue weighted by molar-refractivity contribution is -0.207. The van der Waals surface area contributed by atoms with E-state index in [2.05, 4.69) is 15.3 Å².